The number of carbonyl (C=O) groups excluding carboxylic acids is 1. The standard InChI is InChI=1S/C27H34ClN6O3P.C23H22ClN6O2P/c1-5-20(35)18-33-12-14-34(15-13-33)19-10-11-22(24(16-19)37-2)31-27-29-17-21(28)26(32-27)30-23-8-6-7-9-25(23)38(3,4)36;1-32-20-13-15(33(2,3)31)9-10-19(20)29-23-27-14-17(24)22(30-23)28-18-8-5-4-7-16(18)21-25-11-6-12-26-21/h6-11,16-17H,5,12-15,18H2,1-4H3,(H2,29,30,31,32);4-14H,1-3H3,(H2,27,28,29,30). The number of para-hydroxylation sites is 2. The molecular weight excluding hydrogens is 981 g/mol. The SMILES string of the molecule is CCC(=O)CN1CCN(c2ccc(Nc3ncc(Cl)c(Nc4ccccc4P(C)(C)=O)n3)c(OC)c2)CC1.COc1cc(P(C)(C)=O)ccc1Nc1ncc(Cl)c(Nc2ccccc2-c2ncccn2)n1. The molecule has 0 radical (unpaired) electrons. The summed E-state index contributed by atoms with van der Waals surface area (Å²) in [5.74, 6) is 3.53. The van der Waals surface area contributed by atoms with Crippen molar-refractivity contribution >= 4 is 106 Å². The molecule has 3 aromatic heterocycles. The number of ketones is 1. The summed E-state index contributed by atoms with van der Waals surface area (Å²) < 4.78 is 36.3. The van der Waals surface area contributed by atoms with E-state index in [0.717, 1.165) is 53.7 Å². The van der Waals surface area contributed by atoms with E-state index in [1.165, 1.54) is 12.4 Å². The van der Waals surface area contributed by atoms with Crippen LogP contribution in [0, 0.1) is 0 Å². The van der Waals surface area contributed by atoms with Crippen LogP contribution in [0.2, 0.25) is 10.0 Å². The average molecular weight is 1040 g/mol. The van der Waals surface area contributed by atoms with Gasteiger partial charge in [0.2, 0.25) is 11.9 Å². The van der Waals surface area contributed by atoms with Crippen molar-refractivity contribution in [2.24, 2.45) is 0 Å². The Morgan fingerprint density at radius 1 is 0.634 bits per heavy atom. The van der Waals surface area contributed by atoms with Crippen LogP contribution in [0.1, 0.15) is 13.3 Å². The van der Waals surface area contributed by atoms with E-state index in [4.69, 9.17) is 32.7 Å². The highest BCUT2D eigenvalue weighted by atomic mass is 35.5. The summed E-state index contributed by atoms with van der Waals surface area (Å²) in [6, 6.07) is 28.1. The van der Waals surface area contributed by atoms with Gasteiger partial charge in [0.05, 0.1) is 55.9 Å². The first-order valence-corrected chi connectivity index (χ1v) is 28.5. The molecule has 7 aromatic rings. The molecule has 8 rings (SSSR count). The van der Waals surface area contributed by atoms with Gasteiger partial charge in [0, 0.05) is 72.9 Å². The van der Waals surface area contributed by atoms with Gasteiger partial charge in [0.1, 0.15) is 41.6 Å². The Morgan fingerprint density at radius 2 is 1.18 bits per heavy atom. The van der Waals surface area contributed by atoms with Crippen LogP contribution in [0.3, 0.4) is 0 Å². The largest absolute Gasteiger partial charge is 0.495 e. The van der Waals surface area contributed by atoms with E-state index in [0.29, 0.717) is 80.9 Å². The maximum Gasteiger partial charge on any atom is 0.229 e. The van der Waals surface area contributed by atoms with E-state index >= 15 is 0 Å². The summed E-state index contributed by atoms with van der Waals surface area (Å²) in [4.78, 5) is 42.6. The second-order valence-corrected chi connectivity index (χ2v) is 24.3. The van der Waals surface area contributed by atoms with Gasteiger partial charge < -0.3 is 44.8 Å². The number of Topliss-reactive ketones (excluding diaryl/α,β-unsaturated/α-hetero) is 1. The maximum absolute atomic E-state index is 12.8. The van der Waals surface area contributed by atoms with E-state index in [1.54, 1.807) is 77.5 Å². The lowest BCUT2D eigenvalue weighted by Crippen LogP contribution is -2.47. The molecule has 71 heavy (non-hydrogen) atoms. The van der Waals surface area contributed by atoms with Crippen molar-refractivity contribution < 1.29 is 23.4 Å². The molecule has 1 saturated heterocycles. The molecule has 0 saturated carbocycles. The van der Waals surface area contributed by atoms with Crippen LogP contribution in [0.25, 0.3) is 11.4 Å². The second kappa shape index (κ2) is 23.5. The monoisotopic (exact) mass is 1040 g/mol. The van der Waals surface area contributed by atoms with Gasteiger partial charge in [-0.3, -0.25) is 9.69 Å². The number of rotatable bonds is 17. The Bertz CT molecular complexity index is 3080. The molecule has 1 aliphatic heterocycles. The molecule has 0 spiro atoms. The van der Waals surface area contributed by atoms with Gasteiger partial charge in [-0.05, 0) is 87.3 Å². The predicted molar refractivity (Wildman–Crippen MR) is 289 cm³/mol. The van der Waals surface area contributed by atoms with Gasteiger partial charge in [-0.15, -0.1) is 0 Å². The number of anilines is 9. The van der Waals surface area contributed by atoms with Crippen molar-refractivity contribution in [2.45, 2.75) is 13.3 Å². The van der Waals surface area contributed by atoms with Gasteiger partial charge in [-0.1, -0.05) is 54.4 Å². The summed E-state index contributed by atoms with van der Waals surface area (Å²) in [5, 5.41) is 15.0. The highest BCUT2D eigenvalue weighted by Crippen LogP contribution is 2.40. The normalized spacial score (nSPS) is 12.8. The number of benzene rings is 4. The molecule has 0 aliphatic carbocycles. The van der Waals surface area contributed by atoms with E-state index in [1.807, 2.05) is 73.7 Å². The van der Waals surface area contributed by atoms with Crippen molar-refractivity contribution in [2.75, 3.05) is 99.8 Å². The van der Waals surface area contributed by atoms with Gasteiger partial charge in [-0.2, -0.15) is 9.97 Å². The Kier molecular flexibility index (Phi) is 17.3. The Morgan fingerprint density at radius 3 is 1.76 bits per heavy atom. The van der Waals surface area contributed by atoms with Gasteiger partial charge in [0.15, 0.2) is 17.5 Å². The van der Waals surface area contributed by atoms with Crippen molar-refractivity contribution in [1.29, 1.82) is 0 Å². The number of hydrogen-bond acceptors (Lipinski definition) is 17. The van der Waals surface area contributed by atoms with Crippen molar-refractivity contribution in [3.63, 3.8) is 0 Å². The first kappa shape index (κ1) is 52.2. The molecule has 4 aromatic carbocycles. The van der Waals surface area contributed by atoms with Crippen LogP contribution in [0.4, 0.5) is 52.0 Å². The lowest BCUT2D eigenvalue weighted by Gasteiger charge is -2.36. The molecule has 4 heterocycles. The van der Waals surface area contributed by atoms with Gasteiger partial charge in [0.25, 0.3) is 0 Å². The number of halogens is 2. The van der Waals surface area contributed by atoms with Crippen LogP contribution in [0.5, 0.6) is 11.5 Å². The zero-order valence-corrected chi connectivity index (χ0v) is 43.8. The minimum absolute atomic E-state index is 0.276. The average Bonchev–Trinajstić information content (AvgIpc) is 3.36. The lowest BCUT2D eigenvalue weighted by atomic mass is 10.1. The minimum Gasteiger partial charge on any atom is -0.495 e. The molecule has 1 aliphatic rings. The molecule has 370 valence electrons. The van der Waals surface area contributed by atoms with Crippen LogP contribution < -0.4 is 46.2 Å². The minimum atomic E-state index is -2.52. The molecule has 17 nitrogen and oxygen atoms in total. The van der Waals surface area contributed by atoms with E-state index in [-0.39, 0.29) is 5.78 Å². The third kappa shape index (κ3) is 13.8. The number of ether oxygens (including phenoxy) is 2. The van der Waals surface area contributed by atoms with Crippen molar-refractivity contribution in [3.8, 4) is 22.9 Å². The Balaban J connectivity index is 0.000000211. The van der Waals surface area contributed by atoms with E-state index < -0.39 is 14.3 Å². The lowest BCUT2D eigenvalue weighted by molar-refractivity contribution is -0.120. The molecule has 1 fully saturated rings. The summed E-state index contributed by atoms with van der Waals surface area (Å²) in [6.07, 6.45) is 6.98. The van der Waals surface area contributed by atoms with Crippen LogP contribution in [-0.4, -0.2) is 114 Å². The van der Waals surface area contributed by atoms with E-state index in [2.05, 4.69) is 61.0 Å². The number of nitrogens with zero attached hydrogens (tertiary/aromatic N) is 8. The zero-order chi connectivity index (χ0) is 50.7. The maximum atomic E-state index is 12.8. The highest BCUT2D eigenvalue weighted by Gasteiger charge is 2.22. The molecule has 4 N–H and O–H groups in total. The topological polar surface area (TPSA) is 202 Å². The van der Waals surface area contributed by atoms with Crippen LogP contribution >= 0.6 is 37.5 Å². The number of hydrogen-bond donors (Lipinski definition) is 4. The van der Waals surface area contributed by atoms with Gasteiger partial charge >= 0.3 is 0 Å². The molecular formula is C50H56Cl2N12O5P2. The first-order valence-electron chi connectivity index (χ1n) is 22.6. The summed E-state index contributed by atoms with van der Waals surface area (Å²) in [5.41, 5.74) is 4.65. The summed E-state index contributed by atoms with van der Waals surface area (Å²) >= 11 is 12.8. The fourth-order valence-corrected chi connectivity index (χ4v) is 9.72. The predicted octanol–water partition coefficient (Wildman–Crippen LogP) is 10.3. The molecule has 0 atom stereocenters. The van der Waals surface area contributed by atoms with Crippen LogP contribution in [0.15, 0.2) is 116 Å². The number of methoxy groups -OCH3 is 2. The molecule has 0 amide bonds. The second-order valence-electron chi connectivity index (χ2n) is 17.0. The van der Waals surface area contributed by atoms with Crippen molar-refractivity contribution in [1.82, 2.24) is 34.8 Å². The summed E-state index contributed by atoms with van der Waals surface area (Å²) in [6.45, 7) is 12.7. The van der Waals surface area contributed by atoms with Crippen LogP contribution in [-0.2, 0) is 13.9 Å². The number of carbonyl (C=O) groups is 1. The number of nitrogens with one attached hydrogen (secondary N) is 4. The zero-order valence-electron chi connectivity index (χ0n) is 40.5. The fraction of sp³-hybridized carbons (Fsp3) is 0.260. The third-order valence-corrected chi connectivity index (χ3v) is 14.9. The number of piperazine rings is 1. The molecule has 0 bridgehead atoms. The van der Waals surface area contributed by atoms with E-state index in [9.17, 15) is 13.9 Å². The quantitative estimate of drug-likeness (QED) is 0.0627. The molecule has 0 unspecified atom stereocenters. The fourth-order valence-electron chi connectivity index (χ4n) is 7.42. The highest BCUT2D eigenvalue weighted by molar-refractivity contribution is 7.70. The summed E-state index contributed by atoms with van der Waals surface area (Å²) in [7, 11) is -1.76. The van der Waals surface area contributed by atoms with Gasteiger partial charge in [-0.25, -0.2) is 19.9 Å². The number of aromatic nitrogens is 6. The molecule has 21 heteroatoms. The Hall–Kier alpha value is -6.61. The van der Waals surface area contributed by atoms with Crippen molar-refractivity contribution in [3.05, 3.63) is 126 Å². The first-order chi connectivity index (χ1) is 34.0. The smallest absolute Gasteiger partial charge is 0.229 e. The third-order valence-electron chi connectivity index (χ3n) is 11.2. The Labute approximate surface area is 423 Å².